The SMILES string of the molecule is FC(F)(F)c1cccc(Cl)c1NCc1cncs1. The van der Waals surface area contributed by atoms with Crippen LogP contribution in [0.5, 0.6) is 0 Å². The van der Waals surface area contributed by atoms with Gasteiger partial charge in [-0.25, -0.2) is 0 Å². The molecule has 0 radical (unpaired) electrons. The van der Waals surface area contributed by atoms with Crippen LogP contribution in [-0.2, 0) is 12.7 Å². The lowest BCUT2D eigenvalue weighted by molar-refractivity contribution is -0.136. The summed E-state index contributed by atoms with van der Waals surface area (Å²) in [6.45, 7) is 0.261. The lowest BCUT2D eigenvalue weighted by Crippen LogP contribution is -2.10. The summed E-state index contributed by atoms with van der Waals surface area (Å²) in [4.78, 5) is 4.69. The molecular weight excluding hydrogens is 285 g/mol. The van der Waals surface area contributed by atoms with Gasteiger partial charge in [0.25, 0.3) is 0 Å². The first kappa shape index (κ1) is 13.2. The van der Waals surface area contributed by atoms with Crippen molar-refractivity contribution in [2.24, 2.45) is 0 Å². The Labute approximate surface area is 110 Å². The van der Waals surface area contributed by atoms with E-state index < -0.39 is 11.7 Å². The smallest absolute Gasteiger partial charge is 0.378 e. The number of para-hydroxylation sites is 1. The molecule has 0 aliphatic carbocycles. The Morgan fingerprint density at radius 2 is 2.11 bits per heavy atom. The molecule has 2 aromatic rings. The summed E-state index contributed by atoms with van der Waals surface area (Å²) in [5.74, 6) is 0. The maximum Gasteiger partial charge on any atom is 0.418 e. The number of aromatic nitrogens is 1. The Hall–Kier alpha value is -1.27. The summed E-state index contributed by atoms with van der Waals surface area (Å²) in [5, 5.41) is 2.76. The quantitative estimate of drug-likeness (QED) is 0.905. The van der Waals surface area contributed by atoms with Crippen molar-refractivity contribution in [1.82, 2.24) is 4.98 Å². The molecule has 0 amide bonds. The van der Waals surface area contributed by atoms with E-state index in [0.717, 1.165) is 10.9 Å². The standard InChI is InChI=1S/C11H8ClF3N2S/c12-9-3-1-2-8(11(13,14)15)10(9)17-5-7-4-16-6-18-7/h1-4,6,17H,5H2. The normalized spacial score (nSPS) is 11.6. The van der Waals surface area contributed by atoms with Crippen molar-refractivity contribution >= 4 is 28.6 Å². The third-order valence-electron chi connectivity index (χ3n) is 2.24. The number of hydrogen-bond acceptors (Lipinski definition) is 3. The fraction of sp³-hybridized carbons (Fsp3) is 0.182. The Morgan fingerprint density at radius 3 is 2.72 bits per heavy atom. The molecule has 0 bridgehead atoms. The van der Waals surface area contributed by atoms with Crippen LogP contribution < -0.4 is 5.32 Å². The number of thiazole rings is 1. The molecule has 0 saturated heterocycles. The van der Waals surface area contributed by atoms with Crippen molar-refractivity contribution in [3.8, 4) is 0 Å². The van der Waals surface area contributed by atoms with Crippen LogP contribution in [0.25, 0.3) is 0 Å². The fourth-order valence-electron chi connectivity index (χ4n) is 1.44. The van der Waals surface area contributed by atoms with Crippen LogP contribution >= 0.6 is 22.9 Å². The maximum absolute atomic E-state index is 12.8. The molecule has 0 saturated carbocycles. The van der Waals surface area contributed by atoms with Crippen molar-refractivity contribution < 1.29 is 13.2 Å². The predicted octanol–water partition coefficient (Wildman–Crippen LogP) is 4.43. The molecule has 1 heterocycles. The second-order valence-electron chi connectivity index (χ2n) is 3.48. The zero-order chi connectivity index (χ0) is 13.2. The Balaban J connectivity index is 2.26. The lowest BCUT2D eigenvalue weighted by Gasteiger charge is -2.15. The number of nitrogens with zero attached hydrogens (tertiary/aromatic N) is 1. The van der Waals surface area contributed by atoms with Crippen molar-refractivity contribution in [3.63, 3.8) is 0 Å². The van der Waals surface area contributed by atoms with Gasteiger partial charge in [0, 0.05) is 11.1 Å². The van der Waals surface area contributed by atoms with E-state index in [4.69, 9.17) is 11.6 Å². The monoisotopic (exact) mass is 292 g/mol. The number of alkyl halides is 3. The van der Waals surface area contributed by atoms with Gasteiger partial charge in [0.05, 0.1) is 28.3 Å². The predicted molar refractivity (Wildman–Crippen MR) is 65.9 cm³/mol. The summed E-state index contributed by atoms with van der Waals surface area (Å²) in [7, 11) is 0. The number of benzene rings is 1. The largest absolute Gasteiger partial charge is 0.418 e. The summed E-state index contributed by atoms with van der Waals surface area (Å²) in [6, 6.07) is 3.70. The lowest BCUT2D eigenvalue weighted by atomic mass is 10.1. The van der Waals surface area contributed by atoms with Crippen LogP contribution in [0.2, 0.25) is 5.02 Å². The third-order valence-corrected chi connectivity index (χ3v) is 3.34. The highest BCUT2D eigenvalue weighted by atomic mass is 35.5. The van der Waals surface area contributed by atoms with Crippen molar-refractivity contribution in [2.45, 2.75) is 12.7 Å². The highest BCUT2D eigenvalue weighted by Gasteiger charge is 2.34. The number of hydrogen-bond donors (Lipinski definition) is 1. The molecule has 1 aromatic carbocycles. The Morgan fingerprint density at radius 1 is 1.33 bits per heavy atom. The van der Waals surface area contributed by atoms with Gasteiger partial charge in [0.15, 0.2) is 0 Å². The van der Waals surface area contributed by atoms with Gasteiger partial charge in [-0.05, 0) is 12.1 Å². The Bertz CT molecular complexity index is 526. The van der Waals surface area contributed by atoms with Crippen LogP contribution in [-0.4, -0.2) is 4.98 Å². The highest BCUT2D eigenvalue weighted by molar-refractivity contribution is 7.09. The van der Waals surface area contributed by atoms with E-state index in [-0.39, 0.29) is 17.3 Å². The topological polar surface area (TPSA) is 24.9 Å². The first-order chi connectivity index (χ1) is 8.48. The second-order valence-corrected chi connectivity index (χ2v) is 4.86. The molecule has 0 spiro atoms. The molecule has 1 N–H and O–H groups in total. The van der Waals surface area contributed by atoms with Crippen LogP contribution in [0.15, 0.2) is 29.9 Å². The molecule has 2 rings (SSSR count). The van der Waals surface area contributed by atoms with Gasteiger partial charge in [-0.2, -0.15) is 13.2 Å². The van der Waals surface area contributed by atoms with Gasteiger partial charge >= 0.3 is 6.18 Å². The van der Waals surface area contributed by atoms with Gasteiger partial charge < -0.3 is 5.32 Å². The van der Waals surface area contributed by atoms with Crippen LogP contribution in [0.1, 0.15) is 10.4 Å². The molecule has 0 atom stereocenters. The van der Waals surface area contributed by atoms with E-state index in [1.165, 1.54) is 23.5 Å². The second kappa shape index (κ2) is 5.16. The molecule has 0 aliphatic rings. The molecule has 96 valence electrons. The van der Waals surface area contributed by atoms with Gasteiger partial charge in [0.2, 0.25) is 0 Å². The molecule has 2 nitrogen and oxygen atoms in total. The first-order valence-corrected chi connectivity index (χ1v) is 6.21. The molecule has 1 aromatic heterocycles. The average molecular weight is 293 g/mol. The van der Waals surface area contributed by atoms with E-state index in [1.807, 2.05) is 0 Å². The number of halogens is 4. The van der Waals surface area contributed by atoms with Crippen LogP contribution in [0.4, 0.5) is 18.9 Å². The molecule has 18 heavy (non-hydrogen) atoms. The van der Waals surface area contributed by atoms with E-state index >= 15 is 0 Å². The van der Waals surface area contributed by atoms with E-state index in [9.17, 15) is 13.2 Å². The third kappa shape index (κ3) is 2.94. The molecular formula is C11H8ClF3N2S. The average Bonchev–Trinajstić information content (AvgIpc) is 2.78. The highest BCUT2D eigenvalue weighted by Crippen LogP contribution is 2.38. The number of nitrogens with one attached hydrogen (secondary N) is 1. The molecule has 0 unspecified atom stereocenters. The zero-order valence-electron chi connectivity index (χ0n) is 8.96. The summed E-state index contributed by atoms with van der Waals surface area (Å²) >= 11 is 7.16. The summed E-state index contributed by atoms with van der Waals surface area (Å²) < 4.78 is 38.4. The number of rotatable bonds is 3. The van der Waals surface area contributed by atoms with Crippen LogP contribution in [0.3, 0.4) is 0 Å². The van der Waals surface area contributed by atoms with Gasteiger partial charge in [-0.15, -0.1) is 11.3 Å². The van der Waals surface area contributed by atoms with E-state index in [1.54, 1.807) is 11.7 Å². The van der Waals surface area contributed by atoms with Crippen molar-refractivity contribution in [3.05, 3.63) is 45.4 Å². The van der Waals surface area contributed by atoms with Gasteiger partial charge in [0.1, 0.15) is 0 Å². The first-order valence-electron chi connectivity index (χ1n) is 4.95. The number of anilines is 1. The molecule has 7 heteroatoms. The minimum absolute atomic E-state index is 0.0503. The summed E-state index contributed by atoms with van der Waals surface area (Å²) in [5.41, 5.74) is 0.758. The van der Waals surface area contributed by atoms with Crippen molar-refractivity contribution in [2.75, 3.05) is 5.32 Å². The minimum Gasteiger partial charge on any atom is -0.378 e. The van der Waals surface area contributed by atoms with Crippen LogP contribution in [0, 0.1) is 0 Å². The fourth-order valence-corrected chi connectivity index (χ4v) is 2.22. The maximum atomic E-state index is 12.8. The van der Waals surface area contributed by atoms with Gasteiger partial charge in [-0.3, -0.25) is 4.98 Å². The van der Waals surface area contributed by atoms with E-state index in [0.29, 0.717) is 0 Å². The molecule has 0 aliphatic heterocycles. The zero-order valence-corrected chi connectivity index (χ0v) is 10.5. The minimum atomic E-state index is -4.43. The van der Waals surface area contributed by atoms with E-state index in [2.05, 4.69) is 10.3 Å². The van der Waals surface area contributed by atoms with Crippen molar-refractivity contribution in [1.29, 1.82) is 0 Å². The Kier molecular flexibility index (Phi) is 3.77. The molecule has 0 fully saturated rings. The summed E-state index contributed by atoms with van der Waals surface area (Å²) in [6.07, 6.45) is -2.83. The van der Waals surface area contributed by atoms with Gasteiger partial charge in [-0.1, -0.05) is 17.7 Å².